The van der Waals surface area contributed by atoms with Crippen molar-refractivity contribution in [2.75, 3.05) is 0 Å². The molecule has 1 unspecified atom stereocenters. The molecular weight excluding hydrogens is 152 g/mol. The number of phenolic OH excluding ortho intramolecular Hbond substituents is 1. The highest BCUT2D eigenvalue weighted by atomic mass is 16.3. The van der Waals surface area contributed by atoms with Crippen LogP contribution in [0.1, 0.15) is 24.8 Å². The Hall–Kier alpha value is -1.31. The summed E-state index contributed by atoms with van der Waals surface area (Å²) in [6.45, 7) is 1.99. The van der Waals surface area contributed by atoms with E-state index in [4.69, 9.17) is 5.11 Å². The van der Waals surface area contributed by atoms with Crippen LogP contribution in [-0.4, -0.2) is 11.4 Å². The number of carbonyl (C=O) groups excluding carboxylic acids is 1. The van der Waals surface area contributed by atoms with Crippen molar-refractivity contribution in [3.05, 3.63) is 29.8 Å². The second-order valence-corrected chi connectivity index (χ2v) is 2.89. The molecular formula is C10H12O2. The molecule has 0 aliphatic carbocycles. The standard InChI is InChI=1S/C10H12O2/c1-8(6-7-11)9-2-4-10(12)5-3-9/h2-5,7-8,12H,6H2,1H3. The monoisotopic (exact) mass is 164 g/mol. The topological polar surface area (TPSA) is 37.3 Å². The second-order valence-electron chi connectivity index (χ2n) is 2.89. The van der Waals surface area contributed by atoms with Gasteiger partial charge in [-0.15, -0.1) is 0 Å². The molecule has 0 bridgehead atoms. The number of benzene rings is 1. The summed E-state index contributed by atoms with van der Waals surface area (Å²) in [6.07, 6.45) is 1.45. The average molecular weight is 164 g/mol. The molecule has 0 aromatic heterocycles. The van der Waals surface area contributed by atoms with Crippen molar-refractivity contribution in [2.24, 2.45) is 0 Å². The summed E-state index contributed by atoms with van der Waals surface area (Å²) in [5.41, 5.74) is 1.08. The largest absolute Gasteiger partial charge is 0.508 e. The fourth-order valence-corrected chi connectivity index (χ4v) is 1.08. The van der Waals surface area contributed by atoms with Gasteiger partial charge in [-0.1, -0.05) is 19.1 Å². The van der Waals surface area contributed by atoms with Gasteiger partial charge in [-0.2, -0.15) is 0 Å². The van der Waals surface area contributed by atoms with Gasteiger partial charge in [0.1, 0.15) is 12.0 Å². The fourth-order valence-electron chi connectivity index (χ4n) is 1.08. The van der Waals surface area contributed by atoms with Crippen LogP contribution >= 0.6 is 0 Å². The quantitative estimate of drug-likeness (QED) is 0.694. The third-order valence-corrected chi connectivity index (χ3v) is 1.91. The summed E-state index contributed by atoms with van der Waals surface area (Å²) < 4.78 is 0. The van der Waals surface area contributed by atoms with E-state index in [9.17, 15) is 4.79 Å². The van der Waals surface area contributed by atoms with E-state index < -0.39 is 0 Å². The molecule has 0 amide bonds. The van der Waals surface area contributed by atoms with Gasteiger partial charge in [-0.05, 0) is 23.6 Å². The number of carbonyl (C=O) groups is 1. The Morgan fingerprint density at radius 2 is 2.00 bits per heavy atom. The molecule has 2 nitrogen and oxygen atoms in total. The minimum atomic E-state index is 0.239. The van der Waals surface area contributed by atoms with E-state index in [2.05, 4.69) is 0 Å². The number of rotatable bonds is 3. The molecule has 0 fully saturated rings. The predicted octanol–water partition coefficient (Wildman–Crippen LogP) is 2.08. The molecule has 2 heteroatoms. The Labute approximate surface area is 71.8 Å². The van der Waals surface area contributed by atoms with Gasteiger partial charge < -0.3 is 9.90 Å². The zero-order chi connectivity index (χ0) is 8.97. The Morgan fingerprint density at radius 3 is 2.50 bits per heavy atom. The first-order valence-electron chi connectivity index (χ1n) is 3.96. The summed E-state index contributed by atoms with van der Waals surface area (Å²) in [4.78, 5) is 10.2. The van der Waals surface area contributed by atoms with Crippen LogP contribution in [0.5, 0.6) is 5.75 Å². The molecule has 0 radical (unpaired) electrons. The molecule has 1 rings (SSSR count). The Morgan fingerprint density at radius 1 is 1.42 bits per heavy atom. The van der Waals surface area contributed by atoms with E-state index in [0.29, 0.717) is 6.42 Å². The highest BCUT2D eigenvalue weighted by molar-refractivity contribution is 5.51. The molecule has 0 heterocycles. The maximum Gasteiger partial charge on any atom is 0.120 e. The molecule has 0 saturated carbocycles. The van der Waals surface area contributed by atoms with E-state index >= 15 is 0 Å². The Bertz CT molecular complexity index is 251. The summed E-state index contributed by atoms with van der Waals surface area (Å²) >= 11 is 0. The lowest BCUT2D eigenvalue weighted by Gasteiger charge is -2.06. The van der Waals surface area contributed by atoms with E-state index in [-0.39, 0.29) is 11.7 Å². The number of aromatic hydroxyl groups is 1. The molecule has 1 N–H and O–H groups in total. The fraction of sp³-hybridized carbons (Fsp3) is 0.300. The van der Waals surface area contributed by atoms with Crippen molar-refractivity contribution < 1.29 is 9.90 Å². The van der Waals surface area contributed by atoms with Gasteiger partial charge in [0.25, 0.3) is 0 Å². The van der Waals surface area contributed by atoms with Gasteiger partial charge in [-0.3, -0.25) is 0 Å². The Kier molecular flexibility index (Phi) is 2.86. The van der Waals surface area contributed by atoms with Crippen molar-refractivity contribution in [1.29, 1.82) is 0 Å². The van der Waals surface area contributed by atoms with E-state index in [0.717, 1.165) is 11.8 Å². The lowest BCUT2D eigenvalue weighted by atomic mass is 9.99. The molecule has 12 heavy (non-hydrogen) atoms. The number of aldehydes is 1. The van der Waals surface area contributed by atoms with Crippen LogP contribution in [0.25, 0.3) is 0 Å². The van der Waals surface area contributed by atoms with Crippen molar-refractivity contribution in [3.63, 3.8) is 0 Å². The SMILES string of the molecule is CC(CC=O)c1ccc(O)cc1. The van der Waals surface area contributed by atoms with E-state index in [1.54, 1.807) is 12.1 Å². The van der Waals surface area contributed by atoms with Crippen LogP contribution in [0, 0.1) is 0 Å². The number of hydrogen-bond acceptors (Lipinski definition) is 2. The van der Waals surface area contributed by atoms with Crippen LogP contribution in [-0.2, 0) is 4.79 Å². The van der Waals surface area contributed by atoms with Crippen LogP contribution < -0.4 is 0 Å². The first kappa shape index (κ1) is 8.78. The molecule has 0 aliphatic heterocycles. The molecule has 1 atom stereocenters. The Balaban J connectivity index is 2.74. The third-order valence-electron chi connectivity index (χ3n) is 1.91. The van der Waals surface area contributed by atoms with Gasteiger partial charge in [-0.25, -0.2) is 0 Å². The van der Waals surface area contributed by atoms with E-state index in [1.807, 2.05) is 19.1 Å². The first-order chi connectivity index (χ1) is 5.74. The molecule has 0 spiro atoms. The van der Waals surface area contributed by atoms with Crippen molar-refractivity contribution in [3.8, 4) is 5.75 Å². The summed E-state index contributed by atoms with van der Waals surface area (Å²) in [5.74, 6) is 0.500. The lowest BCUT2D eigenvalue weighted by Crippen LogP contribution is -1.92. The highest BCUT2D eigenvalue weighted by Gasteiger charge is 2.03. The van der Waals surface area contributed by atoms with Gasteiger partial charge in [0.2, 0.25) is 0 Å². The van der Waals surface area contributed by atoms with Crippen molar-refractivity contribution in [1.82, 2.24) is 0 Å². The average Bonchev–Trinajstić information content (AvgIpc) is 2.06. The van der Waals surface area contributed by atoms with Gasteiger partial charge in [0, 0.05) is 6.42 Å². The minimum Gasteiger partial charge on any atom is -0.508 e. The van der Waals surface area contributed by atoms with Gasteiger partial charge >= 0.3 is 0 Å². The predicted molar refractivity (Wildman–Crippen MR) is 47.2 cm³/mol. The molecule has 1 aromatic carbocycles. The van der Waals surface area contributed by atoms with Crippen LogP contribution in [0.4, 0.5) is 0 Å². The van der Waals surface area contributed by atoms with E-state index in [1.165, 1.54) is 0 Å². The maximum atomic E-state index is 10.2. The second kappa shape index (κ2) is 3.90. The summed E-state index contributed by atoms with van der Waals surface area (Å²) in [7, 11) is 0. The smallest absolute Gasteiger partial charge is 0.120 e. The highest BCUT2D eigenvalue weighted by Crippen LogP contribution is 2.19. The van der Waals surface area contributed by atoms with Crippen LogP contribution in [0.2, 0.25) is 0 Å². The van der Waals surface area contributed by atoms with Gasteiger partial charge in [0.15, 0.2) is 0 Å². The first-order valence-corrected chi connectivity index (χ1v) is 3.96. The molecule has 0 saturated heterocycles. The summed E-state index contributed by atoms with van der Waals surface area (Å²) in [6, 6.07) is 6.94. The molecule has 1 aromatic rings. The normalized spacial score (nSPS) is 12.4. The molecule has 64 valence electrons. The van der Waals surface area contributed by atoms with Crippen LogP contribution in [0.15, 0.2) is 24.3 Å². The number of phenols is 1. The van der Waals surface area contributed by atoms with Crippen molar-refractivity contribution >= 4 is 6.29 Å². The summed E-state index contributed by atoms with van der Waals surface area (Å²) in [5, 5.41) is 9.00. The van der Waals surface area contributed by atoms with Gasteiger partial charge in [0.05, 0.1) is 0 Å². The zero-order valence-corrected chi connectivity index (χ0v) is 7.03. The maximum absolute atomic E-state index is 10.2. The van der Waals surface area contributed by atoms with Crippen LogP contribution in [0.3, 0.4) is 0 Å². The zero-order valence-electron chi connectivity index (χ0n) is 7.03. The minimum absolute atomic E-state index is 0.239. The molecule has 0 aliphatic rings. The third kappa shape index (κ3) is 2.09. The lowest BCUT2D eigenvalue weighted by molar-refractivity contribution is -0.108. The number of hydrogen-bond donors (Lipinski definition) is 1. The van der Waals surface area contributed by atoms with Crippen molar-refractivity contribution in [2.45, 2.75) is 19.3 Å².